The number of rotatable bonds is 35. The number of alkyl halides is 1. The van der Waals surface area contributed by atoms with Crippen molar-refractivity contribution in [2.75, 3.05) is 68.7 Å². The summed E-state index contributed by atoms with van der Waals surface area (Å²) in [6, 6.07) is 30.7. The first-order valence-electron chi connectivity index (χ1n) is 44.1. The molecule has 4 aliphatic heterocycles. The summed E-state index contributed by atoms with van der Waals surface area (Å²) >= 11 is 14.1. The van der Waals surface area contributed by atoms with Crippen molar-refractivity contribution in [3.8, 4) is 35.7 Å². The number of nitrogens with one attached hydrogen (secondary N) is 1. The number of unbranched alkanes of at least 4 members (excludes halogenated alkanes) is 3. The summed E-state index contributed by atoms with van der Waals surface area (Å²) < 4.78 is 48.4. The number of halogens is 2. The van der Waals surface area contributed by atoms with Gasteiger partial charge >= 0.3 is 158 Å². The zero-order chi connectivity index (χ0) is 93.8. The fourth-order valence-corrected chi connectivity index (χ4v) is 35.4. The minimum Gasteiger partial charge on any atom is -0.480 e. The number of carbonyl (C=O) groups is 6. The third kappa shape index (κ3) is 25.6. The van der Waals surface area contributed by atoms with Crippen LogP contribution in [0.4, 0.5) is 0 Å². The fraction of sp³-hybridized carbons (Fsp3) is 0.384. The van der Waals surface area contributed by atoms with E-state index in [2.05, 4.69) is 159 Å². The van der Waals surface area contributed by atoms with Crippen molar-refractivity contribution in [2.45, 2.75) is 178 Å². The van der Waals surface area contributed by atoms with Crippen molar-refractivity contribution in [1.82, 2.24) is 73.7 Å². The number of carbonyl (C=O) groups excluding carboxylic acids is 6. The maximum absolute atomic E-state index is 13.4. The third-order valence-corrected chi connectivity index (χ3v) is 42.4. The Kier molecular flexibility index (Phi) is 40.6. The number of amides is 6. The molecular weight excluding hydrogens is 1970 g/mol. The quantitative estimate of drug-likeness (QED) is 0.0219. The summed E-state index contributed by atoms with van der Waals surface area (Å²) in [6.07, 6.45) is 31.4. The summed E-state index contributed by atoms with van der Waals surface area (Å²) in [6.45, 7) is 12.2. The van der Waals surface area contributed by atoms with Crippen LogP contribution < -0.4 is 37.4 Å². The number of ether oxygens (including phenoxy) is 7. The molecule has 0 aromatic carbocycles. The smallest absolute Gasteiger partial charge is 0.319 e. The number of thiophene rings is 4. The number of methoxy groups -OCH3 is 6. The monoisotopic (exact) mass is 2090 g/mol. The third-order valence-electron chi connectivity index (χ3n) is 22.8. The molecule has 0 saturated carbocycles. The van der Waals surface area contributed by atoms with E-state index in [0.29, 0.717) is 45.8 Å². The molecule has 17 heterocycles. The van der Waals surface area contributed by atoms with Crippen LogP contribution in [0.25, 0.3) is 61.0 Å². The van der Waals surface area contributed by atoms with Crippen LogP contribution in [0, 0.1) is 0 Å². The normalized spacial score (nSPS) is 14.1. The molecule has 1 atom stereocenters. The van der Waals surface area contributed by atoms with Crippen LogP contribution in [0.15, 0.2) is 167 Å². The van der Waals surface area contributed by atoms with Crippen molar-refractivity contribution >= 4 is 191 Å². The van der Waals surface area contributed by atoms with Gasteiger partial charge in [0.15, 0.2) is 0 Å². The number of nitrogens with zero attached hydrogens (tertiary/aromatic N) is 14. The molecule has 134 heavy (non-hydrogen) atoms. The molecule has 35 heteroatoms. The standard InChI is InChI=1S/C25H23N5O4S.C24H21N5O4S.C19H16ClN3O2S.C6H7BrS.C6H7N2O2.C5H10O.3C4H9.2CH4.Sn/c1-29-23(31)19(17-13-27-25(34-3)28-22(17)33-2)20(24(29)32)18-14-30(21-16(18)9-4-10-26-21)11-5-7-15-8-6-12-35-15;1-32-23-16(12-26-24(28-23)33-2)18-19(22(31)27-21(18)30)17-13-29(20-15(17)8-3-9-25-20)10-4-6-14-7-5-11-34-14;1-22-18(24)15(16(20)19(22)25)14-11-23(17-13(14)7-2-8-21-17)9-3-5-12-6-4-10-26-12;7-4-3-6-2-1-5-8-6;1-9-5-3-4-7-6(8-5)10-2;1-5-3-2-4-6-5;3*1-3-4-2;;;/h4,6,8-10,12-14H,5,7,11H2,1-3H3;3,5,7-9,11-13H,4,6,10H2,1-2H3,(H,27,30,31);2,4,6-8,10-11H,3,5,9H2,1H3;1-2,5H,3-4H2;3H,1-2H3;5H,2-4H2,1H3;3*1,3-4H2,2H3;2*1H4;. The first kappa shape index (κ1) is 105. The largest absolute Gasteiger partial charge is 0.480 e. The molecule has 1 fully saturated rings. The molecule has 13 aromatic rings. The summed E-state index contributed by atoms with van der Waals surface area (Å²) in [5.74, 6) is -1.76. The van der Waals surface area contributed by atoms with Gasteiger partial charge in [-0.25, -0.2) is 24.9 Å². The zero-order valence-corrected chi connectivity index (χ0v) is 84.8. The van der Waals surface area contributed by atoms with Gasteiger partial charge in [0.2, 0.25) is 11.8 Å². The van der Waals surface area contributed by atoms with E-state index >= 15 is 0 Å². The van der Waals surface area contributed by atoms with Gasteiger partial charge in [0.1, 0.15) is 22.0 Å². The second-order valence-corrected chi connectivity index (χ2v) is 49.8. The van der Waals surface area contributed by atoms with Crippen LogP contribution >= 0.6 is 72.9 Å². The Morgan fingerprint density at radius 3 is 1.20 bits per heavy atom. The van der Waals surface area contributed by atoms with E-state index in [4.69, 9.17) is 49.7 Å². The van der Waals surface area contributed by atoms with Gasteiger partial charge in [-0.1, -0.05) is 66.6 Å². The summed E-state index contributed by atoms with van der Waals surface area (Å²) in [4.78, 5) is 124. The number of aromatic nitrogens is 12. The van der Waals surface area contributed by atoms with Crippen molar-refractivity contribution in [2.24, 2.45) is 0 Å². The summed E-state index contributed by atoms with van der Waals surface area (Å²) in [5.41, 5.74) is 5.99. The molecule has 28 nitrogen and oxygen atoms in total. The molecule has 710 valence electrons. The minimum absolute atomic E-state index is 0. The second kappa shape index (κ2) is 51.7. The Bertz CT molecular complexity index is 6150. The molecule has 4 aliphatic rings. The van der Waals surface area contributed by atoms with Gasteiger partial charge in [-0.05, 0) is 147 Å². The maximum atomic E-state index is 13.4. The van der Waals surface area contributed by atoms with Crippen LogP contribution in [0.3, 0.4) is 0 Å². The molecular formula is C99H119BrClN15O13S4Sn. The summed E-state index contributed by atoms with van der Waals surface area (Å²) in [5, 5.41) is 14.2. The van der Waals surface area contributed by atoms with E-state index in [9.17, 15) is 28.8 Å². The van der Waals surface area contributed by atoms with Gasteiger partial charge in [0.05, 0.1) is 73.5 Å². The van der Waals surface area contributed by atoms with Crippen LogP contribution in [-0.4, -0.2) is 197 Å². The van der Waals surface area contributed by atoms with Crippen molar-refractivity contribution in [3.63, 3.8) is 0 Å². The molecule has 1 saturated heterocycles. The van der Waals surface area contributed by atoms with Gasteiger partial charge in [0, 0.05) is 148 Å². The number of fused-ring (bicyclic) bond motifs is 3. The molecule has 1 N–H and O–H groups in total. The zero-order valence-electron chi connectivity index (χ0n) is 76.4. The van der Waals surface area contributed by atoms with Gasteiger partial charge in [-0.2, -0.15) is 9.97 Å². The van der Waals surface area contributed by atoms with Crippen LogP contribution in [-0.2, 0) is 78.8 Å². The number of hydrogen-bond acceptors (Lipinski definition) is 26. The second-order valence-electron chi connectivity index (χ2n) is 31.5. The number of pyridine rings is 3. The predicted molar refractivity (Wildman–Crippen MR) is 542 cm³/mol. The van der Waals surface area contributed by atoms with E-state index in [1.807, 2.05) is 86.1 Å². The molecule has 0 bridgehead atoms. The van der Waals surface area contributed by atoms with E-state index < -0.39 is 47.9 Å². The van der Waals surface area contributed by atoms with Gasteiger partial charge in [0.25, 0.3) is 35.4 Å². The Morgan fingerprint density at radius 1 is 0.463 bits per heavy atom. The Balaban J connectivity index is 0.000000177. The van der Waals surface area contributed by atoms with Crippen LogP contribution in [0.5, 0.6) is 35.7 Å². The fourth-order valence-electron chi connectivity index (χ4n) is 16.1. The Labute approximate surface area is 817 Å². The number of hydrogen-bond donors (Lipinski definition) is 1. The number of imide groups is 3. The van der Waals surface area contributed by atoms with Gasteiger partial charge in [-0.15, -0.1) is 45.3 Å². The SMILES string of the molecule is BrCCc1cccs1.C.C.CC1CCCO1.CCC[CH2][Sn]([CH2]CCC)([CH2]CCC)[c]1cc(OC)nc(OC)n1.CN1C(=O)C(Cl)=C(c2cn(CCCc3cccs3)c3ncccc23)C1=O.COc1ncc(C2=C(c3cn(CCCc4cccs4)c4ncccc34)C(=O)N(C)C2=O)c(OC)n1.COc1ncc(C2=C(c3cn(CCCc4cccs4)c4ncccc34)C(=O)NC2=O)c(OC)n1. The molecule has 0 spiro atoms. The number of likely N-dealkylation sites (N-methyl/N-ethyl adjacent to an activating group) is 2. The van der Waals surface area contributed by atoms with Crippen molar-refractivity contribution in [3.05, 3.63) is 214 Å². The van der Waals surface area contributed by atoms with Crippen molar-refractivity contribution < 1.29 is 61.9 Å². The molecule has 13 aromatic heterocycles. The van der Waals surface area contributed by atoms with Crippen molar-refractivity contribution in [1.29, 1.82) is 0 Å². The average molecular weight is 2090 g/mol. The first-order chi connectivity index (χ1) is 64.2. The van der Waals surface area contributed by atoms with Crippen LogP contribution in [0.1, 0.15) is 161 Å². The van der Waals surface area contributed by atoms with Gasteiger partial charge < -0.3 is 37.4 Å². The van der Waals surface area contributed by atoms with E-state index in [0.717, 1.165) is 119 Å². The topological polar surface area (TPSA) is 316 Å². The Morgan fingerprint density at radius 2 is 0.851 bits per heavy atom. The molecule has 17 rings (SSSR count). The Hall–Kier alpha value is -10.9. The average Bonchev–Trinajstić information content (AvgIpc) is 1.59. The molecule has 0 radical (unpaired) electrons. The van der Waals surface area contributed by atoms with Gasteiger partial charge in [-0.3, -0.25) is 43.9 Å². The predicted octanol–water partition coefficient (Wildman–Crippen LogP) is 19.9. The maximum Gasteiger partial charge on any atom is 0.319 e. The van der Waals surface area contributed by atoms with E-state index in [1.54, 1.807) is 66.8 Å². The summed E-state index contributed by atoms with van der Waals surface area (Å²) in [7, 11) is 12.0. The number of aryl methyl sites for hydroxylation is 7. The molecule has 1 unspecified atom stereocenters. The molecule has 0 aliphatic carbocycles. The first-order valence-corrected chi connectivity index (χ1v) is 56.6. The van der Waals surface area contributed by atoms with Crippen LogP contribution in [0.2, 0.25) is 13.3 Å². The minimum atomic E-state index is -2.54. The molecule has 6 amide bonds. The van der Waals surface area contributed by atoms with E-state index in [1.165, 1.54) is 143 Å². The van der Waals surface area contributed by atoms with E-state index in [-0.39, 0.29) is 77.4 Å².